The van der Waals surface area contributed by atoms with Crippen molar-refractivity contribution in [3.8, 4) is 0 Å². The van der Waals surface area contributed by atoms with Crippen molar-refractivity contribution in [3.63, 3.8) is 0 Å². The SMILES string of the molecule is CN(CCCCCCl)S(=O)(=O)c1ncccc1F. The number of unbranched alkanes of at least 4 members (excludes halogenated alkanes) is 2. The molecule has 0 saturated carbocycles. The normalized spacial score (nSPS) is 12.0. The first-order chi connectivity index (χ1) is 8.50. The predicted molar refractivity (Wildman–Crippen MR) is 68.6 cm³/mol. The lowest BCUT2D eigenvalue weighted by Crippen LogP contribution is -2.29. The quantitative estimate of drug-likeness (QED) is 0.572. The van der Waals surface area contributed by atoms with Crippen LogP contribution < -0.4 is 0 Å². The third-order valence-electron chi connectivity index (χ3n) is 2.49. The van der Waals surface area contributed by atoms with Crippen LogP contribution in [-0.4, -0.2) is 37.2 Å². The molecule has 0 aromatic carbocycles. The predicted octanol–water partition coefficient (Wildman–Crippen LogP) is 2.25. The Hall–Kier alpha value is -0.720. The maximum absolute atomic E-state index is 13.4. The van der Waals surface area contributed by atoms with E-state index in [0.717, 1.165) is 23.2 Å². The first-order valence-electron chi connectivity index (χ1n) is 5.63. The van der Waals surface area contributed by atoms with E-state index in [9.17, 15) is 12.8 Å². The Balaban J connectivity index is 2.72. The Morgan fingerprint density at radius 2 is 2.11 bits per heavy atom. The maximum Gasteiger partial charge on any atom is 0.263 e. The van der Waals surface area contributed by atoms with Crippen molar-refractivity contribution in [3.05, 3.63) is 24.1 Å². The van der Waals surface area contributed by atoms with Crippen LogP contribution in [0, 0.1) is 5.82 Å². The summed E-state index contributed by atoms with van der Waals surface area (Å²) in [6.45, 7) is 0.329. The molecule has 0 aliphatic carbocycles. The number of pyridine rings is 1. The maximum atomic E-state index is 13.4. The molecular formula is C11H16ClFN2O2S. The Morgan fingerprint density at radius 3 is 2.72 bits per heavy atom. The fraction of sp³-hybridized carbons (Fsp3) is 0.545. The first kappa shape index (κ1) is 15.3. The molecule has 1 rings (SSSR count). The lowest BCUT2D eigenvalue weighted by Gasteiger charge is -2.16. The molecule has 0 unspecified atom stereocenters. The number of halogens is 2. The minimum absolute atomic E-state index is 0.329. The molecule has 1 heterocycles. The van der Waals surface area contributed by atoms with E-state index in [-0.39, 0.29) is 0 Å². The Morgan fingerprint density at radius 1 is 1.39 bits per heavy atom. The van der Waals surface area contributed by atoms with E-state index in [1.54, 1.807) is 0 Å². The van der Waals surface area contributed by atoms with Crippen LogP contribution in [0.25, 0.3) is 0 Å². The molecule has 1 aromatic rings. The Kier molecular flexibility index (Phi) is 5.98. The van der Waals surface area contributed by atoms with Gasteiger partial charge in [-0.1, -0.05) is 6.42 Å². The average molecular weight is 295 g/mol. The molecular weight excluding hydrogens is 279 g/mol. The summed E-state index contributed by atoms with van der Waals surface area (Å²) in [4.78, 5) is 3.59. The lowest BCUT2D eigenvalue weighted by atomic mass is 10.2. The van der Waals surface area contributed by atoms with E-state index >= 15 is 0 Å². The van der Waals surface area contributed by atoms with Crippen molar-refractivity contribution in [2.45, 2.75) is 24.3 Å². The molecule has 4 nitrogen and oxygen atoms in total. The zero-order valence-corrected chi connectivity index (χ0v) is 11.7. The van der Waals surface area contributed by atoms with Crippen LogP contribution in [0.5, 0.6) is 0 Å². The van der Waals surface area contributed by atoms with Crippen LogP contribution in [0.4, 0.5) is 4.39 Å². The molecule has 0 spiro atoms. The van der Waals surface area contributed by atoms with Gasteiger partial charge in [0.15, 0.2) is 5.82 Å². The second kappa shape index (κ2) is 7.01. The fourth-order valence-corrected chi connectivity index (χ4v) is 2.80. The topological polar surface area (TPSA) is 50.3 Å². The van der Waals surface area contributed by atoms with Crippen molar-refractivity contribution >= 4 is 21.6 Å². The minimum Gasteiger partial charge on any atom is -0.241 e. The van der Waals surface area contributed by atoms with Crippen molar-refractivity contribution in [1.29, 1.82) is 0 Å². The first-order valence-corrected chi connectivity index (χ1v) is 7.60. The zero-order chi connectivity index (χ0) is 13.6. The smallest absolute Gasteiger partial charge is 0.241 e. The molecule has 0 saturated heterocycles. The van der Waals surface area contributed by atoms with Gasteiger partial charge in [0, 0.05) is 25.7 Å². The second-order valence-electron chi connectivity index (χ2n) is 3.87. The van der Waals surface area contributed by atoms with Crippen molar-refractivity contribution in [2.75, 3.05) is 19.5 Å². The number of hydrogen-bond acceptors (Lipinski definition) is 3. The van der Waals surface area contributed by atoms with E-state index < -0.39 is 20.9 Å². The molecule has 102 valence electrons. The number of alkyl halides is 1. The van der Waals surface area contributed by atoms with Gasteiger partial charge in [0.25, 0.3) is 10.0 Å². The standard InChI is InChI=1S/C11H16ClFN2O2S/c1-15(9-4-2-3-7-12)18(16,17)11-10(13)6-5-8-14-11/h5-6,8H,2-4,7,9H2,1H3. The van der Waals surface area contributed by atoms with Crippen LogP contribution >= 0.6 is 11.6 Å². The number of aromatic nitrogens is 1. The molecule has 0 aliphatic heterocycles. The highest BCUT2D eigenvalue weighted by molar-refractivity contribution is 7.89. The molecule has 0 bridgehead atoms. The summed E-state index contributed by atoms with van der Waals surface area (Å²) in [7, 11) is -2.42. The molecule has 0 aliphatic rings. The van der Waals surface area contributed by atoms with Gasteiger partial charge in [-0.3, -0.25) is 0 Å². The molecule has 18 heavy (non-hydrogen) atoms. The molecule has 0 amide bonds. The molecule has 0 atom stereocenters. The second-order valence-corrected chi connectivity index (χ2v) is 6.20. The van der Waals surface area contributed by atoms with Gasteiger partial charge < -0.3 is 0 Å². The Labute approximate surface area is 112 Å². The summed E-state index contributed by atoms with van der Waals surface area (Å²) in [5.74, 6) is -0.268. The highest BCUT2D eigenvalue weighted by atomic mass is 35.5. The van der Waals surface area contributed by atoms with Gasteiger partial charge in [-0.2, -0.15) is 4.31 Å². The van der Waals surface area contributed by atoms with Gasteiger partial charge in [0.05, 0.1) is 0 Å². The largest absolute Gasteiger partial charge is 0.263 e. The van der Waals surface area contributed by atoms with Crippen molar-refractivity contribution < 1.29 is 12.8 Å². The summed E-state index contributed by atoms with van der Waals surface area (Å²) in [6.07, 6.45) is 3.63. The van der Waals surface area contributed by atoms with Crippen LogP contribution in [0.1, 0.15) is 19.3 Å². The summed E-state index contributed by atoms with van der Waals surface area (Å²) in [5, 5.41) is -0.523. The van der Waals surface area contributed by atoms with Gasteiger partial charge in [0.2, 0.25) is 5.03 Å². The highest BCUT2D eigenvalue weighted by Crippen LogP contribution is 2.15. The van der Waals surface area contributed by atoms with Crippen molar-refractivity contribution in [2.24, 2.45) is 0 Å². The van der Waals surface area contributed by atoms with Crippen LogP contribution in [0.3, 0.4) is 0 Å². The molecule has 7 heteroatoms. The summed E-state index contributed by atoms with van der Waals surface area (Å²) in [5.41, 5.74) is 0. The Bertz CT molecular complexity index is 482. The van der Waals surface area contributed by atoms with Gasteiger partial charge in [-0.05, 0) is 25.0 Å². The number of sulfonamides is 1. The zero-order valence-electron chi connectivity index (χ0n) is 10.1. The van der Waals surface area contributed by atoms with Gasteiger partial charge in [-0.15, -0.1) is 11.6 Å². The van der Waals surface area contributed by atoms with E-state index in [2.05, 4.69) is 4.98 Å². The highest BCUT2D eigenvalue weighted by Gasteiger charge is 2.25. The van der Waals surface area contributed by atoms with E-state index in [4.69, 9.17) is 11.6 Å². The van der Waals surface area contributed by atoms with Crippen LogP contribution in [-0.2, 0) is 10.0 Å². The summed E-state index contributed by atoms with van der Waals surface area (Å²) >= 11 is 5.53. The van der Waals surface area contributed by atoms with Crippen LogP contribution in [0.15, 0.2) is 23.4 Å². The van der Waals surface area contributed by atoms with Gasteiger partial charge in [0.1, 0.15) is 0 Å². The van der Waals surface area contributed by atoms with E-state index in [1.807, 2.05) is 0 Å². The monoisotopic (exact) mass is 294 g/mol. The van der Waals surface area contributed by atoms with Gasteiger partial charge in [-0.25, -0.2) is 17.8 Å². The fourth-order valence-electron chi connectivity index (χ4n) is 1.43. The molecule has 0 N–H and O–H groups in total. The van der Waals surface area contributed by atoms with Crippen LogP contribution in [0.2, 0.25) is 0 Å². The van der Waals surface area contributed by atoms with Crippen molar-refractivity contribution in [1.82, 2.24) is 9.29 Å². The summed E-state index contributed by atoms with van der Waals surface area (Å²) in [6, 6.07) is 2.44. The summed E-state index contributed by atoms with van der Waals surface area (Å²) < 4.78 is 38.5. The number of rotatable bonds is 7. The lowest BCUT2D eigenvalue weighted by molar-refractivity contribution is 0.445. The average Bonchev–Trinajstić information content (AvgIpc) is 2.34. The van der Waals surface area contributed by atoms with E-state index in [0.29, 0.717) is 18.8 Å². The van der Waals surface area contributed by atoms with Gasteiger partial charge >= 0.3 is 0 Å². The molecule has 1 aromatic heterocycles. The number of nitrogens with zero attached hydrogens (tertiary/aromatic N) is 2. The minimum atomic E-state index is -3.84. The number of hydrogen-bond donors (Lipinski definition) is 0. The molecule has 0 fully saturated rings. The third-order valence-corrected chi connectivity index (χ3v) is 4.55. The molecule has 0 radical (unpaired) electrons. The third kappa shape index (κ3) is 3.90. The van der Waals surface area contributed by atoms with E-state index in [1.165, 1.54) is 19.3 Å².